The third-order valence-electron chi connectivity index (χ3n) is 6.84. The summed E-state index contributed by atoms with van der Waals surface area (Å²) in [5, 5.41) is 2.00. The Hall–Kier alpha value is -1.71. The Morgan fingerprint density at radius 1 is 1.09 bits per heavy atom. The number of carbonyl (C=O) groups excluding carboxylic acids is 2. The summed E-state index contributed by atoms with van der Waals surface area (Å²) in [6.45, 7) is 2.30. The van der Waals surface area contributed by atoms with E-state index in [2.05, 4.69) is 16.9 Å². The smallest absolute Gasteiger partial charge is 0.258 e. The third kappa shape index (κ3) is 5.61. The first-order valence-corrected chi connectivity index (χ1v) is 14.4. The minimum absolute atomic E-state index is 0.0120. The Morgan fingerprint density at radius 2 is 1.84 bits per heavy atom. The number of hydrogen-bond donors (Lipinski definition) is 1. The van der Waals surface area contributed by atoms with Crippen LogP contribution in [-0.2, 0) is 14.8 Å². The molecule has 2 amide bonds. The van der Waals surface area contributed by atoms with Crippen LogP contribution >= 0.6 is 11.3 Å². The Kier molecular flexibility index (Phi) is 7.37. The summed E-state index contributed by atoms with van der Waals surface area (Å²) in [5.41, 5.74) is 2.04. The number of nitrogens with zero attached hydrogens (tertiary/aromatic N) is 2. The van der Waals surface area contributed by atoms with Crippen molar-refractivity contribution in [2.75, 3.05) is 32.4 Å². The van der Waals surface area contributed by atoms with Gasteiger partial charge in [-0.25, -0.2) is 13.1 Å². The van der Waals surface area contributed by atoms with E-state index in [-0.39, 0.29) is 24.8 Å². The molecule has 0 bridgehead atoms. The second-order valence-corrected chi connectivity index (χ2v) is 11.9. The van der Waals surface area contributed by atoms with Crippen molar-refractivity contribution in [1.82, 2.24) is 14.5 Å². The minimum atomic E-state index is -3.27. The van der Waals surface area contributed by atoms with Crippen LogP contribution in [0.4, 0.5) is 0 Å². The van der Waals surface area contributed by atoms with Gasteiger partial charge in [-0.1, -0.05) is 6.08 Å². The second-order valence-electron chi connectivity index (χ2n) is 9.17. The molecular weight excluding hydrogens is 446 g/mol. The van der Waals surface area contributed by atoms with Crippen LogP contribution in [0, 0.1) is 5.92 Å². The van der Waals surface area contributed by atoms with Gasteiger partial charge in [0.1, 0.15) is 0 Å². The Morgan fingerprint density at radius 3 is 2.59 bits per heavy atom. The van der Waals surface area contributed by atoms with Crippen LogP contribution < -0.4 is 4.72 Å². The van der Waals surface area contributed by atoms with Gasteiger partial charge in [0, 0.05) is 48.6 Å². The molecule has 1 aromatic heterocycles. The first-order chi connectivity index (χ1) is 15.3. The molecule has 3 aliphatic rings. The number of thiophene rings is 1. The molecule has 176 valence electrons. The molecule has 2 fully saturated rings. The van der Waals surface area contributed by atoms with E-state index < -0.39 is 10.0 Å². The summed E-state index contributed by atoms with van der Waals surface area (Å²) >= 11 is 1.66. The van der Waals surface area contributed by atoms with Crippen molar-refractivity contribution < 1.29 is 18.0 Å². The van der Waals surface area contributed by atoms with Gasteiger partial charge in [-0.05, 0) is 62.8 Å². The first-order valence-electron chi connectivity index (χ1n) is 11.6. The number of rotatable bonds is 6. The Bertz CT molecular complexity index is 977. The van der Waals surface area contributed by atoms with Crippen molar-refractivity contribution in [2.45, 2.75) is 57.3 Å². The summed E-state index contributed by atoms with van der Waals surface area (Å²) in [6, 6.07) is 2.07. The highest BCUT2D eigenvalue weighted by Crippen LogP contribution is 2.37. The summed E-state index contributed by atoms with van der Waals surface area (Å²) in [4.78, 5) is 30.7. The van der Waals surface area contributed by atoms with Crippen LogP contribution in [0.25, 0.3) is 0 Å². The van der Waals surface area contributed by atoms with Crippen molar-refractivity contribution >= 4 is 33.2 Å². The summed E-state index contributed by atoms with van der Waals surface area (Å²) in [6.07, 6.45) is 11.1. The molecule has 0 aromatic carbocycles. The highest BCUT2D eigenvalue weighted by atomic mass is 32.2. The lowest BCUT2D eigenvalue weighted by atomic mass is 9.84. The van der Waals surface area contributed by atoms with E-state index in [1.54, 1.807) is 11.3 Å². The van der Waals surface area contributed by atoms with Crippen molar-refractivity contribution in [2.24, 2.45) is 5.92 Å². The highest BCUT2D eigenvalue weighted by Gasteiger charge is 2.32. The van der Waals surface area contributed by atoms with E-state index in [1.165, 1.54) is 29.8 Å². The molecule has 0 spiro atoms. The van der Waals surface area contributed by atoms with E-state index in [1.807, 2.05) is 15.2 Å². The number of carbonyl (C=O) groups is 2. The van der Waals surface area contributed by atoms with Gasteiger partial charge < -0.3 is 9.80 Å². The molecule has 1 N–H and O–H groups in total. The maximum absolute atomic E-state index is 13.3. The number of piperidine rings is 2. The molecule has 7 nitrogen and oxygen atoms in total. The minimum Gasteiger partial charge on any atom is -0.343 e. The number of amides is 2. The summed E-state index contributed by atoms with van der Waals surface area (Å²) < 4.78 is 24.7. The average molecular weight is 480 g/mol. The van der Waals surface area contributed by atoms with E-state index in [9.17, 15) is 18.0 Å². The summed E-state index contributed by atoms with van der Waals surface area (Å²) in [5.74, 6) is 1.04. The number of allylic oxidation sites excluding steroid dienone is 2. The van der Waals surface area contributed by atoms with Gasteiger partial charge in [-0.3, -0.25) is 9.59 Å². The number of hydrogen-bond acceptors (Lipinski definition) is 5. The van der Waals surface area contributed by atoms with Gasteiger partial charge in [-0.2, -0.15) is 0 Å². The first kappa shape index (κ1) is 23.4. The van der Waals surface area contributed by atoms with Crippen molar-refractivity contribution in [3.05, 3.63) is 33.7 Å². The van der Waals surface area contributed by atoms with E-state index in [4.69, 9.17) is 0 Å². The highest BCUT2D eigenvalue weighted by molar-refractivity contribution is 7.88. The monoisotopic (exact) mass is 479 g/mol. The van der Waals surface area contributed by atoms with E-state index in [0.29, 0.717) is 24.9 Å². The van der Waals surface area contributed by atoms with E-state index in [0.717, 1.165) is 44.0 Å². The number of sulfonamides is 1. The zero-order valence-corrected chi connectivity index (χ0v) is 20.3. The third-order valence-corrected chi connectivity index (χ3v) is 8.66. The molecule has 1 atom stereocenters. The fourth-order valence-electron chi connectivity index (χ4n) is 5.15. The Labute approximate surface area is 194 Å². The van der Waals surface area contributed by atoms with Crippen LogP contribution in [0.5, 0.6) is 0 Å². The number of likely N-dealkylation sites (tertiary alicyclic amines) is 2. The molecule has 1 aromatic rings. The molecule has 9 heteroatoms. The molecule has 32 heavy (non-hydrogen) atoms. The topological polar surface area (TPSA) is 86.8 Å². The van der Waals surface area contributed by atoms with Crippen molar-refractivity contribution in [3.63, 3.8) is 0 Å². The predicted octanol–water partition coefficient (Wildman–Crippen LogP) is 3.31. The van der Waals surface area contributed by atoms with Crippen LogP contribution in [0.1, 0.15) is 72.5 Å². The van der Waals surface area contributed by atoms with Crippen molar-refractivity contribution in [1.29, 1.82) is 0 Å². The lowest BCUT2D eigenvalue weighted by molar-refractivity contribution is -0.132. The SMILES string of the molecule is CS(=O)(=O)NCCC(=O)N1CCC(c2cc(C(=O)N3CCCC4CCCC=C43)cs2)CC1. The Balaban J connectivity index is 1.31. The normalized spacial score (nSPS) is 22.4. The maximum Gasteiger partial charge on any atom is 0.258 e. The molecule has 4 rings (SSSR count). The lowest BCUT2D eigenvalue weighted by Crippen LogP contribution is -2.39. The average Bonchev–Trinajstić information content (AvgIpc) is 3.28. The van der Waals surface area contributed by atoms with Crippen LogP contribution in [0.15, 0.2) is 23.2 Å². The molecule has 2 saturated heterocycles. The largest absolute Gasteiger partial charge is 0.343 e. The zero-order valence-electron chi connectivity index (χ0n) is 18.7. The number of fused-ring (bicyclic) bond motifs is 1. The van der Waals surface area contributed by atoms with Gasteiger partial charge in [0.2, 0.25) is 15.9 Å². The van der Waals surface area contributed by atoms with Gasteiger partial charge in [0.25, 0.3) is 5.91 Å². The van der Waals surface area contributed by atoms with Gasteiger partial charge in [-0.15, -0.1) is 11.3 Å². The van der Waals surface area contributed by atoms with Crippen LogP contribution in [0.3, 0.4) is 0 Å². The van der Waals surface area contributed by atoms with Crippen molar-refractivity contribution in [3.8, 4) is 0 Å². The molecule has 3 heterocycles. The quantitative estimate of drug-likeness (QED) is 0.678. The fraction of sp³-hybridized carbons (Fsp3) is 0.652. The fourth-order valence-corrected chi connectivity index (χ4v) is 6.67. The van der Waals surface area contributed by atoms with Crippen LogP contribution in [-0.4, -0.2) is 62.5 Å². The van der Waals surface area contributed by atoms with Crippen LogP contribution in [0.2, 0.25) is 0 Å². The lowest BCUT2D eigenvalue weighted by Gasteiger charge is -2.37. The predicted molar refractivity (Wildman–Crippen MR) is 126 cm³/mol. The summed E-state index contributed by atoms with van der Waals surface area (Å²) in [7, 11) is -3.27. The van der Waals surface area contributed by atoms with E-state index >= 15 is 0 Å². The van der Waals surface area contributed by atoms with Gasteiger partial charge >= 0.3 is 0 Å². The number of nitrogens with one attached hydrogen (secondary N) is 1. The van der Waals surface area contributed by atoms with Gasteiger partial charge in [0.15, 0.2) is 0 Å². The maximum atomic E-state index is 13.3. The standard InChI is InChI=1S/C23H33N3O4S2/c1-32(29,30)24-11-8-22(27)25-13-9-18(10-14-25)21-15-19(16-31-21)23(28)26-12-4-6-17-5-2-3-7-20(17)26/h7,15-18,24H,2-6,8-14H2,1H3. The molecule has 0 saturated carbocycles. The molecule has 0 radical (unpaired) electrons. The molecule has 2 aliphatic heterocycles. The zero-order chi connectivity index (χ0) is 22.7. The molecular formula is C23H33N3O4S2. The second kappa shape index (κ2) is 10.1. The molecule has 1 unspecified atom stereocenters. The van der Waals surface area contributed by atoms with Gasteiger partial charge in [0.05, 0.1) is 11.8 Å². The molecule has 1 aliphatic carbocycles.